The third kappa shape index (κ3) is 3.71. The molecule has 0 spiro atoms. The van der Waals surface area contributed by atoms with Gasteiger partial charge in [-0.05, 0) is 42.7 Å². The van der Waals surface area contributed by atoms with Crippen molar-refractivity contribution < 1.29 is 9.13 Å². The van der Waals surface area contributed by atoms with E-state index in [0.717, 1.165) is 18.4 Å². The largest absolute Gasteiger partial charge is 0.454 e. The van der Waals surface area contributed by atoms with E-state index < -0.39 is 5.82 Å². The lowest BCUT2D eigenvalue weighted by atomic mass is 10.0. The Morgan fingerprint density at radius 3 is 2.75 bits per heavy atom. The summed E-state index contributed by atoms with van der Waals surface area (Å²) >= 11 is 5.73. The Labute approximate surface area is 123 Å². The summed E-state index contributed by atoms with van der Waals surface area (Å²) in [6, 6.07) is 12.3. The van der Waals surface area contributed by atoms with Crippen LogP contribution in [-0.4, -0.2) is 6.04 Å². The Balaban J connectivity index is 2.17. The standard InChI is InChI=1S/C16H17ClFNO/c1-2-12(19)9-11-5-3-6-13(10-11)20-15-8-4-7-14(17)16(15)18/h3-8,10,12H,2,9,19H2,1H3. The Kier molecular flexibility index (Phi) is 4.99. The summed E-state index contributed by atoms with van der Waals surface area (Å²) in [6.45, 7) is 2.05. The van der Waals surface area contributed by atoms with Gasteiger partial charge in [-0.1, -0.05) is 36.7 Å². The quantitative estimate of drug-likeness (QED) is 0.877. The van der Waals surface area contributed by atoms with Crippen LogP contribution in [0.2, 0.25) is 5.02 Å². The fraction of sp³-hybridized carbons (Fsp3) is 0.250. The second-order valence-corrected chi connectivity index (χ2v) is 5.08. The van der Waals surface area contributed by atoms with E-state index in [0.29, 0.717) is 5.75 Å². The summed E-state index contributed by atoms with van der Waals surface area (Å²) < 4.78 is 19.3. The van der Waals surface area contributed by atoms with Crippen molar-refractivity contribution >= 4 is 11.6 Å². The summed E-state index contributed by atoms with van der Waals surface area (Å²) in [7, 11) is 0. The van der Waals surface area contributed by atoms with Crippen molar-refractivity contribution in [2.24, 2.45) is 5.73 Å². The highest BCUT2D eigenvalue weighted by Gasteiger charge is 2.09. The molecule has 0 amide bonds. The Morgan fingerprint density at radius 1 is 1.25 bits per heavy atom. The zero-order chi connectivity index (χ0) is 14.5. The van der Waals surface area contributed by atoms with Crippen molar-refractivity contribution in [3.05, 3.63) is 58.9 Å². The van der Waals surface area contributed by atoms with Crippen molar-refractivity contribution in [3.8, 4) is 11.5 Å². The minimum Gasteiger partial charge on any atom is -0.454 e. The van der Waals surface area contributed by atoms with E-state index in [2.05, 4.69) is 0 Å². The maximum Gasteiger partial charge on any atom is 0.184 e. The van der Waals surface area contributed by atoms with Gasteiger partial charge in [0.1, 0.15) is 5.75 Å². The van der Waals surface area contributed by atoms with Crippen molar-refractivity contribution in [1.82, 2.24) is 0 Å². The Bertz CT molecular complexity index is 588. The van der Waals surface area contributed by atoms with Gasteiger partial charge in [-0.2, -0.15) is 0 Å². The molecule has 1 atom stereocenters. The average molecular weight is 294 g/mol. The number of halogens is 2. The van der Waals surface area contributed by atoms with Gasteiger partial charge >= 0.3 is 0 Å². The summed E-state index contributed by atoms with van der Waals surface area (Å²) in [5.74, 6) is 0.145. The number of nitrogens with two attached hydrogens (primary N) is 1. The molecule has 20 heavy (non-hydrogen) atoms. The van der Waals surface area contributed by atoms with E-state index in [9.17, 15) is 4.39 Å². The fourth-order valence-corrected chi connectivity index (χ4v) is 2.04. The molecule has 0 fully saturated rings. The van der Waals surface area contributed by atoms with E-state index in [4.69, 9.17) is 22.1 Å². The van der Waals surface area contributed by atoms with Crippen molar-refractivity contribution in [1.29, 1.82) is 0 Å². The van der Waals surface area contributed by atoms with Gasteiger partial charge in [0.15, 0.2) is 11.6 Å². The van der Waals surface area contributed by atoms with Crippen LogP contribution in [0.25, 0.3) is 0 Å². The van der Waals surface area contributed by atoms with E-state index in [-0.39, 0.29) is 16.8 Å². The maximum absolute atomic E-state index is 13.8. The van der Waals surface area contributed by atoms with Crippen LogP contribution < -0.4 is 10.5 Å². The number of benzene rings is 2. The lowest BCUT2D eigenvalue weighted by Gasteiger charge is -2.11. The second kappa shape index (κ2) is 6.73. The average Bonchev–Trinajstić information content (AvgIpc) is 2.44. The van der Waals surface area contributed by atoms with Crippen LogP contribution >= 0.6 is 11.6 Å². The lowest BCUT2D eigenvalue weighted by Crippen LogP contribution is -2.21. The molecule has 4 heteroatoms. The van der Waals surface area contributed by atoms with Gasteiger partial charge in [0.25, 0.3) is 0 Å². The molecule has 0 bridgehead atoms. The summed E-state index contributed by atoms with van der Waals surface area (Å²) in [4.78, 5) is 0. The predicted octanol–water partition coefficient (Wildman–Crippen LogP) is 4.55. The van der Waals surface area contributed by atoms with Gasteiger partial charge in [0, 0.05) is 6.04 Å². The van der Waals surface area contributed by atoms with Gasteiger partial charge in [-0.25, -0.2) is 4.39 Å². The maximum atomic E-state index is 13.8. The first-order valence-electron chi connectivity index (χ1n) is 6.56. The molecule has 2 N–H and O–H groups in total. The second-order valence-electron chi connectivity index (χ2n) is 4.67. The van der Waals surface area contributed by atoms with Crippen LogP contribution in [0.4, 0.5) is 4.39 Å². The van der Waals surface area contributed by atoms with Crippen LogP contribution in [0.1, 0.15) is 18.9 Å². The lowest BCUT2D eigenvalue weighted by molar-refractivity contribution is 0.442. The molecule has 0 saturated carbocycles. The normalized spacial score (nSPS) is 12.2. The zero-order valence-corrected chi connectivity index (χ0v) is 12.0. The van der Waals surface area contributed by atoms with Gasteiger partial charge in [-0.15, -0.1) is 0 Å². The first-order valence-corrected chi connectivity index (χ1v) is 6.94. The molecular formula is C16H17ClFNO. The van der Waals surface area contributed by atoms with Crippen LogP contribution in [0, 0.1) is 5.82 Å². The first-order chi connectivity index (χ1) is 9.60. The van der Waals surface area contributed by atoms with Crippen molar-refractivity contribution in [2.45, 2.75) is 25.8 Å². The van der Waals surface area contributed by atoms with Crippen molar-refractivity contribution in [2.75, 3.05) is 0 Å². The Morgan fingerprint density at radius 2 is 2.00 bits per heavy atom. The molecule has 2 aromatic rings. The minimum absolute atomic E-state index is 0.0478. The van der Waals surface area contributed by atoms with E-state index >= 15 is 0 Å². The molecule has 0 aromatic heterocycles. The molecule has 0 aliphatic carbocycles. The van der Waals surface area contributed by atoms with Crippen molar-refractivity contribution in [3.63, 3.8) is 0 Å². The number of hydrogen-bond donors (Lipinski definition) is 1. The topological polar surface area (TPSA) is 35.2 Å². The van der Waals surface area contributed by atoms with Gasteiger partial charge in [-0.3, -0.25) is 0 Å². The fourth-order valence-electron chi connectivity index (χ4n) is 1.87. The molecule has 0 aliphatic heterocycles. The molecule has 2 nitrogen and oxygen atoms in total. The van der Waals surface area contributed by atoms with Gasteiger partial charge < -0.3 is 10.5 Å². The van der Waals surface area contributed by atoms with E-state index in [1.807, 2.05) is 25.1 Å². The molecule has 2 rings (SSSR count). The monoisotopic (exact) mass is 293 g/mol. The molecule has 0 heterocycles. The van der Waals surface area contributed by atoms with Gasteiger partial charge in [0.05, 0.1) is 5.02 Å². The third-order valence-electron chi connectivity index (χ3n) is 3.06. The van der Waals surface area contributed by atoms with Crippen LogP contribution in [0.3, 0.4) is 0 Å². The van der Waals surface area contributed by atoms with Crippen LogP contribution in [0.15, 0.2) is 42.5 Å². The minimum atomic E-state index is -0.551. The highest BCUT2D eigenvalue weighted by Crippen LogP contribution is 2.29. The summed E-state index contributed by atoms with van der Waals surface area (Å²) in [6.07, 6.45) is 1.68. The molecule has 2 aromatic carbocycles. The van der Waals surface area contributed by atoms with Crippen LogP contribution in [0.5, 0.6) is 11.5 Å². The SMILES string of the molecule is CCC(N)Cc1cccc(Oc2cccc(Cl)c2F)c1. The highest BCUT2D eigenvalue weighted by atomic mass is 35.5. The molecule has 1 unspecified atom stereocenters. The number of hydrogen-bond acceptors (Lipinski definition) is 2. The third-order valence-corrected chi connectivity index (χ3v) is 3.36. The molecule has 0 saturated heterocycles. The van der Waals surface area contributed by atoms with E-state index in [1.165, 1.54) is 6.07 Å². The van der Waals surface area contributed by atoms with E-state index in [1.54, 1.807) is 18.2 Å². The zero-order valence-electron chi connectivity index (χ0n) is 11.3. The number of rotatable bonds is 5. The molecule has 106 valence electrons. The summed E-state index contributed by atoms with van der Waals surface area (Å²) in [5, 5.41) is 0.0478. The highest BCUT2D eigenvalue weighted by molar-refractivity contribution is 6.30. The Hall–Kier alpha value is -1.58. The molecular weight excluding hydrogens is 277 g/mol. The van der Waals surface area contributed by atoms with Gasteiger partial charge in [0.2, 0.25) is 0 Å². The molecule has 0 radical (unpaired) electrons. The smallest absolute Gasteiger partial charge is 0.184 e. The number of ether oxygens (including phenoxy) is 1. The summed E-state index contributed by atoms with van der Waals surface area (Å²) in [5.41, 5.74) is 7.00. The molecule has 0 aliphatic rings. The predicted molar refractivity (Wildman–Crippen MR) is 79.9 cm³/mol. The first kappa shape index (κ1) is 14.8. The van der Waals surface area contributed by atoms with Crippen LogP contribution in [-0.2, 0) is 6.42 Å².